The largest absolute Gasteiger partial charge is 0.388 e. The lowest BCUT2D eigenvalue weighted by atomic mass is 9.97. The zero-order valence-electron chi connectivity index (χ0n) is 13.3. The predicted molar refractivity (Wildman–Crippen MR) is 91.5 cm³/mol. The highest BCUT2D eigenvalue weighted by atomic mass is 32.2. The van der Waals surface area contributed by atoms with Gasteiger partial charge < -0.3 is 25.6 Å². The molecule has 1 saturated heterocycles. The molecule has 0 radical (unpaired) electrons. The Balaban J connectivity index is 1.62. The summed E-state index contributed by atoms with van der Waals surface area (Å²) in [6, 6.07) is 8.89. The molecule has 5 atom stereocenters. The Morgan fingerprint density at radius 1 is 1.29 bits per heavy atom. The number of aliphatic imine (C=N–C) groups is 1. The number of aliphatic hydroxyl groups excluding tert-OH is 2. The summed E-state index contributed by atoms with van der Waals surface area (Å²) >= 11 is 1.33. The van der Waals surface area contributed by atoms with E-state index < -0.39 is 35.7 Å². The molecule has 0 saturated carbocycles. The van der Waals surface area contributed by atoms with Crippen molar-refractivity contribution in [3.63, 3.8) is 0 Å². The smallest absolute Gasteiger partial charge is 0.252 e. The molecule has 1 fully saturated rings. The number of thioether (sulfide) groups is 1. The molecule has 4 N–H and O–H groups in total. The van der Waals surface area contributed by atoms with Crippen LogP contribution >= 0.6 is 11.8 Å². The van der Waals surface area contributed by atoms with Crippen LogP contribution in [-0.2, 0) is 16.1 Å². The third-order valence-electron chi connectivity index (χ3n) is 3.96. The quantitative estimate of drug-likeness (QED) is 0.601. The van der Waals surface area contributed by atoms with E-state index in [1.165, 1.54) is 11.8 Å². The molecule has 130 valence electrons. The lowest BCUT2D eigenvalue weighted by Crippen LogP contribution is -2.59. The maximum atomic E-state index is 12.4. The first-order chi connectivity index (χ1) is 11.6. The van der Waals surface area contributed by atoms with Crippen molar-refractivity contribution in [2.75, 3.05) is 6.54 Å². The fourth-order valence-electron chi connectivity index (χ4n) is 2.70. The van der Waals surface area contributed by atoms with E-state index in [4.69, 9.17) is 4.74 Å². The van der Waals surface area contributed by atoms with E-state index in [1.54, 1.807) is 0 Å². The van der Waals surface area contributed by atoms with Crippen LogP contribution in [0.1, 0.15) is 12.5 Å². The molecule has 0 spiro atoms. The van der Waals surface area contributed by atoms with Crippen LogP contribution in [0.25, 0.3) is 0 Å². The number of hydrogen-bond donors (Lipinski definition) is 4. The second kappa shape index (κ2) is 7.52. The maximum Gasteiger partial charge on any atom is 0.252 e. The van der Waals surface area contributed by atoms with Crippen molar-refractivity contribution in [2.45, 2.75) is 43.3 Å². The van der Waals surface area contributed by atoms with Crippen LogP contribution in [0.2, 0.25) is 0 Å². The Hall–Kier alpha value is -1.61. The van der Waals surface area contributed by atoms with Crippen molar-refractivity contribution in [1.29, 1.82) is 0 Å². The first-order valence-corrected chi connectivity index (χ1v) is 8.79. The van der Waals surface area contributed by atoms with Crippen molar-refractivity contribution in [3.05, 3.63) is 35.9 Å². The molecule has 2 aliphatic heterocycles. The van der Waals surface area contributed by atoms with E-state index in [0.29, 0.717) is 18.3 Å². The van der Waals surface area contributed by atoms with Gasteiger partial charge in [0.15, 0.2) is 11.3 Å². The van der Waals surface area contributed by atoms with Crippen molar-refractivity contribution >= 4 is 22.8 Å². The minimum absolute atomic E-state index is 0.336. The number of amides is 1. The standard InChI is InChI=1S/C16H21N3O4S/c1-2-17-16-19-10-11(20)12(21)13(23-15(10)24-16)14(22)18-8-9-6-4-3-5-7-9/h3-7,10-13,15,20-21H,2,8H2,1H3,(H,17,19)(H,18,22)/t10-,11-,12+,13+,15-/m1/s1. The topological polar surface area (TPSA) is 103 Å². The molecule has 8 heteroatoms. The number of ether oxygens (including phenoxy) is 1. The lowest BCUT2D eigenvalue weighted by Gasteiger charge is -2.37. The highest BCUT2D eigenvalue weighted by molar-refractivity contribution is 8.14. The number of carbonyl (C=O) groups excluding carboxylic acids is 1. The Kier molecular flexibility index (Phi) is 5.40. The Morgan fingerprint density at radius 3 is 2.75 bits per heavy atom. The minimum atomic E-state index is -1.31. The summed E-state index contributed by atoms with van der Waals surface area (Å²) in [5.41, 5.74) is 0.465. The van der Waals surface area contributed by atoms with Gasteiger partial charge in [0, 0.05) is 13.1 Å². The van der Waals surface area contributed by atoms with Gasteiger partial charge in [-0.15, -0.1) is 0 Å². The molecule has 0 unspecified atom stereocenters. The van der Waals surface area contributed by atoms with E-state index in [1.807, 2.05) is 37.3 Å². The molecule has 2 aliphatic rings. The van der Waals surface area contributed by atoms with Gasteiger partial charge in [0.1, 0.15) is 23.7 Å². The van der Waals surface area contributed by atoms with E-state index in [2.05, 4.69) is 15.6 Å². The molecular formula is C16H21N3O4S. The molecule has 1 aromatic rings. The molecular weight excluding hydrogens is 330 g/mol. The summed E-state index contributed by atoms with van der Waals surface area (Å²) in [7, 11) is 0. The third kappa shape index (κ3) is 3.56. The van der Waals surface area contributed by atoms with Gasteiger partial charge >= 0.3 is 0 Å². The second-order valence-electron chi connectivity index (χ2n) is 5.68. The summed E-state index contributed by atoms with van der Waals surface area (Å²) < 4.78 is 5.71. The van der Waals surface area contributed by atoms with Gasteiger partial charge in [-0.25, -0.2) is 0 Å². The molecule has 0 bridgehead atoms. The third-order valence-corrected chi connectivity index (χ3v) is 5.05. The number of nitrogens with zero attached hydrogens (tertiary/aromatic N) is 1. The van der Waals surface area contributed by atoms with Crippen LogP contribution in [0.5, 0.6) is 0 Å². The molecule has 1 amide bonds. The first kappa shape index (κ1) is 17.2. The number of rotatable bonds is 4. The molecule has 24 heavy (non-hydrogen) atoms. The zero-order valence-corrected chi connectivity index (χ0v) is 14.1. The van der Waals surface area contributed by atoms with E-state index >= 15 is 0 Å². The van der Waals surface area contributed by atoms with Crippen LogP contribution in [0.3, 0.4) is 0 Å². The van der Waals surface area contributed by atoms with Crippen molar-refractivity contribution in [2.24, 2.45) is 4.99 Å². The Bertz CT molecular complexity index is 613. The maximum absolute atomic E-state index is 12.4. The second-order valence-corrected chi connectivity index (χ2v) is 6.77. The molecule has 1 aromatic carbocycles. The number of carbonyl (C=O) groups is 1. The normalized spacial score (nSPS) is 32.0. The van der Waals surface area contributed by atoms with Gasteiger partial charge in [-0.05, 0) is 12.5 Å². The number of amidine groups is 1. The first-order valence-electron chi connectivity index (χ1n) is 7.91. The van der Waals surface area contributed by atoms with Gasteiger partial charge in [-0.3, -0.25) is 9.79 Å². The average molecular weight is 351 g/mol. The molecule has 0 aromatic heterocycles. The van der Waals surface area contributed by atoms with Gasteiger partial charge in [0.2, 0.25) is 0 Å². The SMILES string of the molecule is CCNC1=N[C@@H]2[C@@H](O)[C@H](O)[C@@H](C(=O)NCc3ccccc3)O[C@@H]2S1. The molecule has 7 nitrogen and oxygen atoms in total. The Morgan fingerprint density at radius 2 is 2.04 bits per heavy atom. The number of aliphatic hydroxyl groups is 2. The number of hydrogen-bond acceptors (Lipinski definition) is 7. The van der Waals surface area contributed by atoms with Crippen LogP contribution in [-0.4, -0.2) is 57.6 Å². The summed E-state index contributed by atoms with van der Waals surface area (Å²) in [5, 5.41) is 27.0. The molecule has 3 rings (SSSR count). The zero-order chi connectivity index (χ0) is 17.1. The van der Waals surface area contributed by atoms with Crippen LogP contribution in [0.15, 0.2) is 35.3 Å². The predicted octanol–water partition coefficient (Wildman–Crippen LogP) is -0.170. The minimum Gasteiger partial charge on any atom is -0.388 e. The Labute approximate surface area is 144 Å². The molecule has 0 aliphatic carbocycles. The summed E-state index contributed by atoms with van der Waals surface area (Å²) in [6.45, 7) is 2.98. The monoisotopic (exact) mass is 351 g/mol. The van der Waals surface area contributed by atoms with E-state index in [-0.39, 0.29) is 0 Å². The van der Waals surface area contributed by atoms with E-state index in [0.717, 1.165) is 5.56 Å². The van der Waals surface area contributed by atoms with Gasteiger partial charge in [0.25, 0.3) is 5.91 Å². The van der Waals surface area contributed by atoms with Crippen LogP contribution < -0.4 is 10.6 Å². The number of fused-ring (bicyclic) bond motifs is 1. The number of nitrogens with one attached hydrogen (secondary N) is 2. The van der Waals surface area contributed by atoms with Gasteiger partial charge in [-0.1, -0.05) is 42.1 Å². The highest BCUT2D eigenvalue weighted by Crippen LogP contribution is 2.35. The van der Waals surface area contributed by atoms with Crippen LogP contribution in [0, 0.1) is 0 Å². The summed E-state index contributed by atoms with van der Waals surface area (Å²) in [5.74, 6) is -0.443. The van der Waals surface area contributed by atoms with Gasteiger partial charge in [0.05, 0.1) is 0 Å². The summed E-state index contributed by atoms with van der Waals surface area (Å²) in [4.78, 5) is 16.7. The lowest BCUT2D eigenvalue weighted by molar-refractivity contribution is -0.171. The fourth-order valence-corrected chi connectivity index (χ4v) is 3.87. The van der Waals surface area contributed by atoms with Crippen LogP contribution in [0.4, 0.5) is 0 Å². The van der Waals surface area contributed by atoms with Crippen molar-refractivity contribution in [3.8, 4) is 0 Å². The average Bonchev–Trinajstić information content (AvgIpc) is 3.00. The van der Waals surface area contributed by atoms with Crippen molar-refractivity contribution in [1.82, 2.24) is 10.6 Å². The highest BCUT2D eigenvalue weighted by Gasteiger charge is 2.50. The van der Waals surface area contributed by atoms with Crippen molar-refractivity contribution < 1.29 is 19.7 Å². The number of benzene rings is 1. The molecule has 2 heterocycles. The fraction of sp³-hybridized carbons (Fsp3) is 0.500. The van der Waals surface area contributed by atoms with E-state index in [9.17, 15) is 15.0 Å². The summed E-state index contributed by atoms with van der Waals surface area (Å²) in [6.07, 6.45) is -3.57. The van der Waals surface area contributed by atoms with Gasteiger partial charge in [-0.2, -0.15) is 0 Å².